The van der Waals surface area contributed by atoms with Gasteiger partial charge in [0.15, 0.2) is 5.82 Å². The summed E-state index contributed by atoms with van der Waals surface area (Å²) in [5.74, 6) is 0.227. The van der Waals surface area contributed by atoms with Gasteiger partial charge in [-0.15, -0.1) is 0 Å². The Morgan fingerprint density at radius 2 is 2.00 bits per heavy atom. The Labute approximate surface area is 125 Å². The van der Waals surface area contributed by atoms with Gasteiger partial charge in [0, 0.05) is 13.3 Å². The number of rotatable bonds is 4. The van der Waals surface area contributed by atoms with Gasteiger partial charge in [0.2, 0.25) is 0 Å². The summed E-state index contributed by atoms with van der Waals surface area (Å²) >= 11 is 0. The Morgan fingerprint density at radius 1 is 1.33 bits per heavy atom. The number of nitrogens with two attached hydrogens (primary N) is 1. The van der Waals surface area contributed by atoms with Crippen molar-refractivity contribution in [2.45, 2.75) is 51.0 Å². The third kappa shape index (κ3) is 3.32. The predicted octanol–water partition coefficient (Wildman–Crippen LogP) is 2.43. The molecule has 1 aliphatic carbocycles. The molecule has 0 bridgehead atoms. The molecule has 0 spiro atoms. The van der Waals surface area contributed by atoms with E-state index in [4.69, 9.17) is 15.2 Å². The van der Waals surface area contributed by atoms with Gasteiger partial charge < -0.3 is 15.2 Å². The van der Waals surface area contributed by atoms with Crippen molar-refractivity contribution in [2.24, 2.45) is 0 Å². The molecule has 6 nitrogen and oxygen atoms in total. The fourth-order valence-electron chi connectivity index (χ4n) is 2.80. The van der Waals surface area contributed by atoms with E-state index in [0.29, 0.717) is 12.4 Å². The van der Waals surface area contributed by atoms with Crippen molar-refractivity contribution >= 4 is 11.8 Å². The van der Waals surface area contributed by atoms with Gasteiger partial charge >= 0.3 is 5.97 Å². The minimum Gasteiger partial charge on any atom is -0.462 e. The first kappa shape index (κ1) is 15.7. The summed E-state index contributed by atoms with van der Waals surface area (Å²) in [5.41, 5.74) is 5.62. The molecule has 1 heterocycles. The third-order valence-electron chi connectivity index (χ3n) is 4.02. The van der Waals surface area contributed by atoms with Crippen molar-refractivity contribution in [3.63, 3.8) is 0 Å². The molecule has 2 rings (SSSR count). The molecule has 0 amide bonds. The number of hydrogen-bond acceptors (Lipinski definition) is 6. The highest BCUT2D eigenvalue weighted by atomic mass is 16.5. The molecular formula is C15H23N3O3. The summed E-state index contributed by atoms with van der Waals surface area (Å²) in [5, 5.41) is 0. The zero-order valence-corrected chi connectivity index (χ0v) is 12.7. The van der Waals surface area contributed by atoms with Crippen LogP contribution in [0.5, 0.6) is 0 Å². The first-order valence-electron chi connectivity index (χ1n) is 7.48. The highest BCUT2D eigenvalue weighted by molar-refractivity contribution is 5.93. The third-order valence-corrected chi connectivity index (χ3v) is 4.02. The van der Waals surface area contributed by atoms with E-state index in [0.717, 1.165) is 25.7 Å². The largest absolute Gasteiger partial charge is 0.462 e. The monoisotopic (exact) mass is 293 g/mol. The number of nitrogens with zero attached hydrogens (tertiary/aromatic N) is 2. The van der Waals surface area contributed by atoms with Crippen LogP contribution in [-0.4, -0.2) is 29.7 Å². The van der Waals surface area contributed by atoms with Gasteiger partial charge in [-0.2, -0.15) is 0 Å². The van der Waals surface area contributed by atoms with Crippen molar-refractivity contribution in [3.05, 3.63) is 17.6 Å². The van der Waals surface area contributed by atoms with E-state index >= 15 is 0 Å². The molecule has 1 aromatic rings. The zero-order valence-electron chi connectivity index (χ0n) is 12.7. The summed E-state index contributed by atoms with van der Waals surface area (Å²) in [6, 6.07) is 0. The van der Waals surface area contributed by atoms with Crippen molar-refractivity contribution in [3.8, 4) is 0 Å². The number of hydrogen-bond donors (Lipinski definition) is 1. The Kier molecular flexibility index (Phi) is 5.12. The van der Waals surface area contributed by atoms with Crippen LogP contribution in [0.2, 0.25) is 0 Å². The molecule has 0 radical (unpaired) electrons. The predicted molar refractivity (Wildman–Crippen MR) is 78.8 cm³/mol. The van der Waals surface area contributed by atoms with Crippen molar-refractivity contribution in [1.82, 2.24) is 9.97 Å². The second-order valence-corrected chi connectivity index (χ2v) is 5.33. The van der Waals surface area contributed by atoms with E-state index in [-0.39, 0.29) is 11.4 Å². The number of aromatic nitrogens is 2. The molecule has 0 saturated heterocycles. The van der Waals surface area contributed by atoms with Gasteiger partial charge in [0.1, 0.15) is 17.0 Å². The van der Waals surface area contributed by atoms with Gasteiger partial charge in [-0.1, -0.05) is 25.7 Å². The van der Waals surface area contributed by atoms with E-state index in [1.807, 2.05) is 0 Å². The molecule has 6 heteroatoms. The van der Waals surface area contributed by atoms with E-state index in [1.165, 1.54) is 19.0 Å². The van der Waals surface area contributed by atoms with E-state index in [1.54, 1.807) is 14.0 Å². The normalized spacial score (nSPS) is 18.0. The number of ether oxygens (including phenoxy) is 2. The maximum absolute atomic E-state index is 11.7. The van der Waals surface area contributed by atoms with Gasteiger partial charge in [0.05, 0.1) is 6.61 Å². The second kappa shape index (κ2) is 6.85. The average Bonchev–Trinajstić information content (AvgIpc) is 2.73. The van der Waals surface area contributed by atoms with Gasteiger partial charge in [0.25, 0.3) is 0 Å². The molecule has 116 valence electrons. The molecule has 1 aliphatic rings. The summed E-state index contributed by atoms with van der Waals surface area (Å²) in [6.07, 6.45) is 7.75. The molecule has 2 N–H and O–H groups in total. The molecular weight excluding hydrogens is 270 g/mol. The van der Waals surface area contributed by atoms with E-state index < -0.39 is 11.6 Å². The molecule has 0 aromatic carbocycles. The lowest BCUT2D eigenvalue weighted by molar-refractivity contribution is -0.0351. The Bertz CT molecular complexity index is 497. The minimum absolute atomic E-state index is 0.152. The maximum atomic E-state index is 11.7. The molecule has 0 unspecified atom stereocenters. The van der Waals surface area contributed by atoms with Crippen LogP contribution in [0, 0.1) is 0 Å². The summed E-state index contributed by atoms with van der Waals surface area (Å²) < 4.78 is 10.7. The van der Waals surface area contributed by atoms with Gasteiger partial charge in [-0.25, -0.2) is 14.8 Å². The van der Waals surface area contributed by atoms with Crippen LogP contribution in [0.1, 0.15) is 61.6 Å². The van der Waals surface area contributed by atoms with Crippen molar-refractivity contribution in [1.29, 1.82) is 0 Å². The van der Waals surface area contributed by atoms with Crippen LogP contribution in [0.4, 0.5) is 5.82 Å². The molecule has 0 aliphatic heterocycles. The molecule has 1 saturated carbocycles. The number of esters is 1. The van der Waals surface area contributed by atoms with Crippen molar-refractivity contribution < 1.29 is 14.3 Å². The smallest absolute Gasteiger partial charge is 0.343 e. The Hall–Kier alpha value is -1.69. The van der Waals surface area contributed by atoms with Crippen LogP contribution in [-0.2, 0) is 15.1 Å². The van der Waals surface area contributed by atoms with Crippen LogP contribution in [0.3, 0.4) is 0 Å². The molecule has 0 atom stereocenters. The number of carbonyl (C=O) groups excluding carboxylic acids is 1. The summed E-state index contributed by atoms with van der Waals surface area (Å²) in [7, 11) is 1.68. The fraction of sp³-hybridized carbons (Fsp3) is 0.667. The number of methoxy groups -OCH3 is 1. The average molecular weight is 293 g/mol. The lowest BCUT2D eigenvalue weighted by Gasteiger charge is -2.29. The van der Waals surface area contributed by atoms with E-state index in [2.05, 4.69) is 9.97 Å². The summed E-state index contributed by atoms with van der Waals surface area (Å²) in [6.45, 7) is 2.04. The van der Waals surface area contributed by atoms with Crippen molar-refractivity contribution in [2.75, 3.05) is 19.5 Å². The first-order valence-corrected chi connectivity index (χ1v) is 7.48. The SMILES string of the molecule is CCOC(=O)c1cnc(C2(OC)CCCCCC2)nc1N. The quantitative estimate of drug-likeness (QED) is 0.677. The lowest BCUT2D eigenvalue weighted by Crippen LogP contribution is -2.31. The highest BCUT2D eigenvalue weighted by Crippen LogP contribution is 2.37. The Balaban J connectivity index is 2.31. The lowest BCUT2D eigenvalue weighted by atomic mass is 9.93. The summed E-state index contributed by atoms with van der Waals surface area (Å²) in [4.78, 5) is 20.4. The Morgan fingerprint density at radius 3 is 2.52 bits per heavy atom. The highest BCUT2D eigenvalue weighted by Gasteiger charge is 2.36. The second-order valence-electron chi connectivity index (χ2n) is 5.33. The molecule has 21 heavy (non-hydrogen) atoms. The van der Waals surface area contributed by atoms with Crippen LogP contribution < -0.4 is 5.73 Å². The van der Waals surface area contributed by atoms with Crippen LogP contribution in [0.15, 0.2) is 6.20 Å². The molecule has 1 fully saturated rings. The number of anilines is 1. The van der Waals surface area contributed by atoms with Gasteiger partial charge in [-0.05, 0) is 19.8 Å². The van der Waals surface area contributed by atoms with Crippen LogP contribution >= 0.6 is 0 Å². The number of nitrogen functional groups attached to an aromatic ring is 1. The minimum atomic E-state index is -0.492. The first-order chi connectivity index (χ1) is 10.1. The van der Waals surface area contributed by atoms with Gasteiger partial charge in [-0.3, -0.25) is 0 Å². The fourth-order valence-corrected chi connectivity index (χ4v) is 2.80. The number of carbonyl (C=O) groups is 1. The topological polar surface area (TPSA) is 87.3 Å². The maximum Gasteiger partial charge on any atom is 0.343 e. The van der Waals surface area contributed by atoms with E-state index in [9.17, 15) is 4.79 Å². The van der Waals surface area contributed by atoms with Crippen LogP contribution in [0.25, 0.3) is 0 Å². The standard InChI is InChI=1S/C15H23N3O3/c1-3-21-13(19)11-10-17-14(18-12(11)16)15(20-2)8-6-4-5-7-9-15/h10H,3-9H2,1-2H3,(H2,16,17,18). The molecule has 1 aromatic heterocycles. The zero-order chi connectivity index (χ0) is 15.3.